The van der Waals surface area contributed by atoms with Crippen molar-refractivity contribution in [2.24, 2.45) is 5.92 Å². The molecule has 3 fully saturated rings. The average Bonchev–Trinajstić information content (AvgIpc) is 3.44. The van der Waals surface area contributed by atoms with Crippen molar-refractivity contribution in [3.8, 4) is 6.07 Å². The first-order valence-corrected chi connectivity index (χ1v) is 10.8. The van der Waals surface area contributed by atoms with Crippen LogP contribution in [0.15, 0.2) is 30.3 Å². The lowest BCUT2D eigenvalue weighted by molar-refractivity contribution is -0.156. The molecule has 2 aliphatic heterocycles. The molecule has 1 N–H and O–H groups in total. The second-order valence-corrected chi connectivity index (χ2v) is 9.28. The Morgan fingerprint density at radius 3 is 2.76 bits per heavy atom. The Balaban J connectivity index is 1.41. The van der Waals surface area contributed by atoms with E-state index in [1.165, 1.54) is 0 Å². The van der Waals surface area contributed by atoms with E-state index < -0.39 is 34.9 Å². The van der Waals surface area contributed by atoms with Crippen LogP contribution in [0, 0.1) is 17.2 Å². The van der Waals surface area contributed by atoms with Crippen molar-refractivity contribution in [2.45, 2.75) is 49.1 Å². The van der Waals surface area contributed by atoms with Crippen molar-refractivity contribution >= 4 is 29.5 Å². The third-order valence-electron chi connectivity index (χ3n) is 5.99. The van der Waals surface area contributed by atoms with E-state index in [0.717, 1.165) is 18.4 Å². The summed E-state index contributed by atoms with van der Waals surface area (Å²) in [5, 5.41) is 12.0. The number of carbonyl (C=O) groups excluding carboxylic acids is 3. The van der Waals surface area contributed by atoms with Crippen LogP contribution in [0.5, 0.6) is 0 Å². The Labute approximate surface area is 173 Å². The molecule has 0 unspecified atom stereocenters. The maximum Gasteiger partial charge on any atom is 0.330 e. The maximum absolute atomic E-state index is 12.7. The molecule has 1 saturated carbocycles. The van der Waals surface area contributed by atoms with Crippen LogP contribution < -0.4 is 5.32 Å². The first-order chi connectivity index (χ1) is 13.9. The zero-order valence-electron chi connectivity index (χ0n) is 16.2. The van der Waals surface area contributed by atoms with Crippen LogP contribution in [-0.4, -0.2) is 46.6 Å². The smallest absolute Gasteiger partial charge is 0.330 e. The van der Waals surface area contributed by atoms with E-state index in [1.54, 1.807) is 23.6 Å². The van der Waals surface area contributed by atoms with Crippen molar-refractivity contribution in [3.63, 3.8) is 0 Å². The summed E-state index contributed by atoms with van der Waals surface area (Å²) in [4.78, 5) is 38.6. The van der Waals surface area contributed by atoms with Gasteiger partial charge in [0.1, 0.15) is 16.5 Å². The van der Waals surface area contributed by atoms with Gasteiger partial charge in [0.15, 0.2) is 6.61 Å². The van der Waals surface area contributed by atoms with E-state index in [1.807, 2.05) is 30.3 Å². The minimum Gasteiger partial charge on any atom is -0.454 e. The van der Waals surface area contributed by atoms with Gasteiger partial charge in [-0.15, -0.1) is 11.8 Å². The standard InChI is InChI=1S/C21H23N3O4S/c1-20(13-22,14-7-8-14)23-17(25)11-28-19(27)16-12-29-21(10-9-18(26)24(16)21)15-5-3-2-4-6-15/h2-6,14,16H,7-12H2,1H3,(H,23,25)/t16-,20-,21+/m0/s1. The SMILES string of the molecule is C[C@@](C#N)(NC(=O)COC(=O)[C@@H]1CS[C@@]2(c3ccccc3)CCC(=O)N12)C1CC1. The summed E-state index contributed by atoms with van der Waals surface area (Å²) in [7, 11) is 0. The van der Waals surface area contributed by atoms with Crippen LogP contribution >= 0.6 is 11.8 Å². The van der Waals surface area contributed by atoms with Gasteiger partial charge in [0.25, 0.3) is 5.91 Å². The minimum atomic E-state index is -0.930. The summed E-state index contributed by atoms with van der Waals surface area (Å²) in [5.74, 6) is -0.574. The van der Waals surface area contributed by atoms with E-state index in [9.17, 15) is 19.6 Å². The van der Waals surface area contributed by atoms with Crippen LogP contribution in [-0.2, 0) is 24.0 Å². The fourth-order valence-electron chi connectivity index (χ4n) is 4.26. The maximum atomic E-state index is 12.7. The van der Waals surface area contributed by atoms with Gasteiger partial charge in [-0.1, -0.05) is 30.3 Å². The number of ether oxygens (including phenoxy) is 1. The lowest BCUT2D eigenvalue weighted by Crippen LogP contribution is -2.50. The molecule has 1 aromatic rings. The molecular formula is C21H23N3O4S. The number of benzene rings is 1. The Kier molecular flexibility index (Phi) is 5.03. The summed E-state index contributed by atoms with van der Waals surface area (Å²) < 4.78 is 5.25. The Morgan fingerprint density at radius 2 is 2.10 bits per heavy atom. The molecule has 152 valence electrons. The summed E-state index contributed by atoms with van der Waals surface area (Å²) >= 11 is 1.57. The van der Waals surface area contributed by atoms with E-state index in [-0.39, 0.29) is 11.8 Å². The molecule has 4 rings (SSSR count). The number of hydrogen-bond donors (Lipinski definition) is 1. The fraction of sp³-hybridized carbons (Fsp3) is 0.524. The second-order valence-electron chi connectivity index (χ2n) is 7.99. The number of esters is 1. The van der Waals surface area contributed by atoms with E-state index in [4.69, 9.17) is 4.74 Å². The molecule has 1 aliphatic carbocycles. The predicted octanol–water partition coefficient (Wildman–Crippen LogP) is 1.93. The summed E-state index contributed by atoms with van der Waals surface area (Å²) in [6.07, 6.45) is 2.84. The fourth-order valence-corrected chi connectivity index (χ4v) is 5.89. The Morgan fingerprint density at radius 1 is 1.38 bits per heavy atom. The molecule has 8 heteroatoms. The lowest BCUT2D eigenvalue weighted by Gasteiger charge is -2.33. The van der Waals surface area contributed by atoms with Gasteiger partial charge in [0.05, 0.1) is 6.07 Å². The first kappa shape index (κ1) is 19.8. The van der Waals surface area contributed by atoms with Gasteiger partial charge in [-0.05, 0) is 37.7 Å². The molecule has 0 aromatic heterocycles. The van der Waals surface area contributed by atoms with Crippen molar-refractivity contribution < 1.29 is 19.1 Å². The number of fused-ring (bicyclic) bond motifs is 1. The molecule has 0 spiro atoms. The van der Waals surface area contributed by atoms with E-state index in [2.05, 4.69) is 11.4 Å². The first-order valence-electron chi connectivity index (χ1n) is 9.80. The molecule has 0 bridgehead atoms. The molecule has 3 atom stereocenters. The summed E-state index contributed by atoms with van der Waals surface area (Å²) in [6.45, 7) is 1.24. The number of thioether (sulfide) groups is 1. The molecule has 1 aromatic carbocycles. The predicted molar refractivity (Wildman–Crippen MR) is 106 cm³/mol. The molecular weight excluding hydrogens is 390 g/mol. The van der Waals surface area contributed by atoms with Crippen molar-refractivity contribution in [3.05, 3.63) is 35.9 Å². The van der Waals surface area contributed by atoms with Gasteiger partial charge >= 0.3 is 5.97 Å². The number of carbonyl (C=O) groups is 3. The third-order valence-corrected chi connectivity index (χ3v) is 7.59. The third kappa shape index (κ3) is 3.48. The monoisotopic (exact) mass is 413 g/mol. The summed E-state index contributed by atoms with van der Waals surface area (Å²) in [6, 6.07) is 11.1. The highest BCUT2D eigenvalue weighted by Crippen LogP contribution is 2.54. The number of hydrogen-bond acceptors (Lipinski definition) is 6. The Bertz CT molecular complexity index is 882. The summed E-state index contributed by atoms with van der Waals surface area (Å²) in [5.41, 5.74) is 0.0678. The minimum absolute atomic E-state index is 0.0731. The van der Waals surface area contributed by atoms with Gasteiger partial charge in [-0.25, -0.2) is 4.79 Å². The normalized spacial score (nSPS) is 27.7. The van der Waals surface area contributed by atoms with Crippen LogP contribution in [0.3, 0.4) is 0 Å². The quantitative estimate of drug-likeness (QED) is 0.716. The van der Waals surface area contributed by atoms with Gasteiger partial charge in [0, 0.05) is 12.2 Å². The van der Waals surface area contributed by atoms with Crippen molar-refractivity contribution in [2.75, 3.05) is 12.4 Å². The molecule has 2 amide bonds. The van der Waals surface area contributed by atoms with Crippen molar-refractivity contribution in [1.82, 2.24) is 10.2 Å². The van der Waals surface area contributed by atoms with Gasteiger partial charge in [-0.3, -0.25) is 9.59 Å². The molecule has 7 nitrogen and oxygen atoms in total. The van der Waals surface area contributed by atoms with Gasteiger partial charge in [0.2, 0.25) is 5.91 Å². The molecule has 2 saturated heterocycles. The number of amides is 2. The van der Waals surface area contributed by atoms with Crippen LogP contribution in [0.25, 0.3) is 0 Å². The largest absolute Gasteiger partial charge is 0.454 e. The number of nitriles is 1. The van der Waals surface area contributed by atoms with E-state index in [0.29, 0.717) is 18.6 Å². The van der Waals surface area contributed by atoms with Crippen molar-refractivity contribution in [1.29, 1.82) is 5.26 Å². The number of nitrogens with zero attached hydrogens (tertiary/aromatic N) is 2. The zero-order valence-corrected chi connectivity index (χ0v) is 17.0. The highest BCUT2D eigenvalue weighted by molar-refractivity contribution is 8.00. The molecule has 0 radical (unpaired) electrons. The highest BCUT2D eigenvalue weighted by atomic mass is 32.2. The highest BCUT2D eigenvalue weighted by Gasteiger charge is 2.57. The van der Waals surface area contributed by atoms with Crippen LogP contribution in [0.2, 0.25) is 0 Å². The topological polar surface area (TPSA) is 99.5 Å². The average molecular weight is 413 g/mol. The molecule has 3 aliphatic rings. The number of nitrogens with one attached hydrogen (secondary N) is 1. The zero-order chi connectivity index (χ0) is 20.6. The number of rotatable bonds is 6. The van der Waals surface area contributed by atoms with E-state index >= 15 is 0 Å². The Hall–Kier alpha value is -2.53. The molecule has 29 heavy (non-hydrogen) atoms. The second kappa shape index (κ2) is 7.38. The lowest BCUT2D eigenvalue weighted by atomic mass is 9.98. The van der Waals surface area contributed by atoms with Gasteiger partial charge in [-0.2, -0.15) is 5.26 Å². The van der Waals surface area contributed by atoms with Gasteiger partial charge < -0.3 is 15.0 Å². The molecule has 2 heterocycles. The van der Waals surface area contributed by atoms with Crippen LogP contribution in [0.1, 0.15) is 38.2 Å². The van der Waals surface area contributed by atoms with Crippen LogP contribution in [0.4, 0.5) is 0 Å².